The van der Waals surface area contributed by atoms with E-state index in [4.69, 9.17) is 4.52 Å². The molecule has 0 aromatic carbocycles. The normalized spacial score (nSPS) is 12.8. The van der Waals surface area contributed by atoms with Crippen molar-refractivity contribution >= 4 is 11.8 Å². The van der Waals surface area contributed by atoms with E-state index in [0.717, 1.165) is 49.0 Å². The molecule has 0 amide bonds. The van der Waals surface area contributed by atoms with E-state index in [1.165, 1.54) is 6.42 Å². The predicted molar refractivity (Wildman–Crippen MR) is 76.8 cm³/mol. The molecule has 1 unspecified atom stereocenters. The number of aromatic nitrogens is 2. The van der Waals surface area contributed by atoms with Crippen LogP contribution in [0.2, 0.25) is 0 Å². The minimum absolute atomic E-state index is 0.460. The third-order valence-electron chi connectivity index (χ3n) is 2.69. The molecule has 0 fully saturated rings. The fourth-order valence-electron chi connectivity index (χ4n) is 1.81. The lowest BCUT2D eigenvalue weighted by Crippen LogP contribution is -2.31. The largest absolute Gasteiger partial charge is 0.339 e. The quantitative estimate of drug-likeness (QED) is 0.709. The van der Waals surface area contributed by atoms with E-state index in [0.29, 0.717) is 6.04 Å². The highest BCUT2D eigenvalue weighted by molar-refractivity contribution is 7.98. The fourth-order valence-corrected chi connectivity index (χ4v) is 2.31. The summed E-state index contributed by atoms with van der Waals surface area (Å²) in [6.07, 6.45) is 4.33. The van der Waals surface area contributed by atoms with Gasteiger partial charge >= 0.3 is 0 Å². The maximum atomic E-state index is 5.30. The molecule has 0 spiro atoms. The van der Waals surface area contributed by atoms with Crippen LogP contribution in [0.25, 0.3) is 0 Å². The first-order valence-electron chi connectivity index (χ1n) is 6.92. The van der Waals surface area contributed by atoms with Crippen LogP contribution in [-0.2, 0) is 12.2 Å². The van der Waals surface area contributed by atoms with Gasteiger partial charge in [-0.05, 0) is 25.1 Å². The van der Waals surface area contributed by atoms with Crippen molar-refractivity contribution in [3.8, 4) is 0 Å². The van der Waals surface area contributed by atoms with Crippen molar-refractivity contribution in [2.24, 2.45) is 0 Å². The Morgan fingerprint density at radius 1 is 1.28 bits per heavy atom. The topological polar surface area (TPSA) is 51.0 Å². The number of nitrogens with zero attached hydrogens (tertiary/aromatic N) is 2. The Kier molecular flexibility index (Phi) is 8.09. The molecule has 0 bridgehead atoms. The molecular formula is C13H25N3OS. The Morgan fingerprint density at radius 3 is 2.78 bits per heavy atom. The lowest BCUT2D eigenvalue weighted by molar-refractivity contribution is 0.347. The maximum absolute atomic E-state index is 5.30. The number of rotatable bonds is 10. The third-order valence-corrected chi connectivity index (χ3v) is 3.56. The van der Waals surface area contributed by atoms with E-state index >= 15 is 0 Å². The van der Waals surface area contributed by atoms with Crippen molar-refractivity contribution in [2.45, 2.75) is 58.2 Å². The zero-order valence-corrected chi connectivity index (χ0v) is 12.6. The third kappa shape index (κ3) is 5.87. The van der Waals surface area contributed by atoms with Crippen LogP contribution in [0.1, 0.15) is 51.7 Å². The second-order valence-corrected chi connectivity index (χ2v) is 5.66. The van der Waals surface area contributed by atoms with Gasteiger partial charge in [0.2, 0.25) is 5.89 Å². The Balaban J connectivity index is 2.43. The van der Waals surface area contributed by atoms with Gasteiger partial charge < -0.3 is 9.84 Å². The van der Waals surface area contributed by atoms with E-state index < -0.39 is 0 Å². The average molecular weight is 271 g/mol. The van der Waals surface area contributed by atoms with Crippen molar-refractivity contribution in [3.05, 3.63) is 11.7 Å². The molecule has 1 heterocycles. The maximum Gasteiger partial charge on any atom is 0.228 e. The summed E-state index contributed by atoms with van der Waals surface area (Å²) in [5, 5.41) is 7.55. The standard InChI is InChI=1S/C13H25N3OS/c1-4-7-11(14-8-5-2)9-13-15-12(16-17-13)10-18-6-3/h11,14H,4-10H2,1-3H3. The minimum Gasteiger partial charge on any atom is -0.339 e. The number of nitrogens with one attached hydrogen (secondary N) is 1. The SMILES string of the molecule is CCCNC(CCC)Cc1nc(CSCC)no1. The van der Waals surface area contributed by atoms with E-state index in [9.17, 15) is 0 Å². The molecule has 18 heavy (non-hydrogen) atoms. The fraction of sp³-hybridized carbons (Fsp3) is 0.846. The zero-order chi connectivity index (χ0) is 13.2. The van der Waals surface area contributed by atoms with E-state index in [1.807, 2.05) is 11.8 Å². The van der Waals surface area contributed by atoms with Crippen LogP contribution < -0.4 is 5.32 Å². The smallest absolute Gasteiger partial charge is 0.228 e. The molecule has 0 aliphatic carbocycles. The van der Waals surface area contributed by atoms with Gasteiger partial charge in [0, 0.05) is 12.5 Å². The highest BCUT2D eigenvalue weighted by Gasteiger charge is 2.13. The summed E-state index contributed by atoms with van der Waals surface area (Å²) in [5.41, 5.74) is 0. The molecule has 1 rings (SSSR count). The van der Waals surface area contributed by atoms with Crippen molar-refractivity contribution in [1.82, 2.24) is 15.5 Å². The molecule has 1 aromatic rings. The van der Waals surface area contributed by atoms with Gasteiger partial charge in [0.25, 0.3) is 0 Å². The summed E-state index contributed by atoms with van der Waals surface area (Å²) in [7, 11) is 0. The van der Waals surface area contributed by atoms with E-state index in [1.54, 1.807) is 0 Å². The summed E-state index contributed by atoms with van der Waals surface area (Å²) in [6.45, 7) is 7.58. The molecule has 104 valence electrons. The molecule has 0 aliphatic rings. The summed E-state index contributed by atoms with van der Waals surface area (Å²) >= 11 is 1.82. The summed E-state index contributed by atoms with van der Waals surface area (Å²) < 4.78 is 5.30. The second-order valence-electron chi connectivity index (χ2n) is 4.39. The lowest BCUT2D eigenvalue weighted by Gasteiger charge is -2.15. The second kappa shape index (κ2) is 9.39. The van der Waals surface area contributed by atoms with Crippen LogP contribution in [0.5, 0.6) is 0 Å². The first kappa shape index (κ1) is 15.5. The molecule has 5 heteroatoms. The molecule has 0 saturated carbocycles. The molecule has 1 atom stereocenters. The van der Waals surface area contributed by atoms with Crippen LogP contribution in [0.4, 0.5) is 0 Å². The predicted octanol–water partition coefficient (Wildman–Crippen LogP) is 3.03. The molecule has 0 saturated heterocycles. The van der Waals surface area contributed by atoms with Gasteiger partial charge in [-0.1, -0.05) is 32.3 Å². The summed E-state index contributed by atoms with van der Waals surface area (Å²) in [5.74, 6) is 3.52. The van der Waals surface area contributed by atoms with Gasteiger partial charge in [0.15, 0.2) is 5.82 Å². The van der Waals surface area contributed by atoms with Gasteiger partial charge in [-0.25, -0.2) is 0 Å². The van der Waals surface area contributed by atoms with Crippen molar-refractivity contribution in [2.75, 3.05) is 12.3 Å². The van der Waals surface area contributed by atoms with Crippen molar-refractivity contribution in [3.63, 3.8) is 0 Å². The van der Waals surface area contributed by atoms with Gasteiger partial charge in [0.1, 0.15) is 0 Å². The average Bonchev–Trinajstić information content (AvgIpc) is 2.81. The van der Waals surface area contributed by atoms with Crippen LogP contribution in [0, 0.1) is 0 Å². The monoisotopic (exact) mass is 271 g/mol. The molecule has 1 aromatic heterocycles. The van der Waals surface area contributed by atoms with Gasteiger partial charge in [0.05, 0.1) is 5.75 Å². The Morgan fingerprint density at radius 2 is 2.11 bits per heavy atom. The number of hydrogen-bond acceptors (Lipinski definition) is 5. The van der Waals surface area contributed by atoms with Crippen LogP contribution in [0.3, 0.4) is 0 Å². The highest BCUT2D eigenvalue weighted by Crippen LogP contribution is 2.11. The summed E-state index contributed by atoms with van der Waals surface area (Å²) in [6, 6.07) is 0.460. The van der Waals surface area contributed by atoms with Crippen LogP contribution in [-0.4, -0.2) is 28.5 Å². The van der Waals surface area contributed by atoms with Crippen LogP contribution >= 0.6 is 11.8 Å². The molecule has 0 radical (unpaired) electrons. The lowest BCUT2D eigenvalue weighted by atomic mass is 10.1. The first-order chi connectivity index (χ1) is 8.80. The molecular weight excluding hydrogens is 246 g/mol. The number of thioether (sulfide) groups is 1. The molecule has 0 aliphatic heterocycles. The Hall–Kier alpha value is -0.550. The summed E-state index contributed by atoms with van der Waals surface area (Å²) in [4.78, 5) is 4.44. The first-order valence-corrected chi connectivity index (χ1v) is 8.08. The van der Waals surface area contributed by atoms with Crippen LogP contribution in [0.15, 0.2) is 4.52 Å². The highest BCUT2D eigenvalue weighted by atomic mass is 32.2. The zero-order valence-electron chi connectivity index (χ0n) is 11.7. The molecule has 4 nitrogen and oxygen atoms in total. The van der Waals surface area contributed by atoms with Crippen molar-refractivity contribution in [1.29, 1.82) is 0 Å². The Bertz CT molecular complexity index is 317. The van der Waals surface area contributed by atoms with Gasteiger partial charge in [-0.3, -0.25) is 0 Å². The molecule has 1 N–H and O–H groups in total. The number of hydrogen-bond donors (Lipinski definition) is 1. The van der Waals surface area contributed by atoms with Gasteiger partial charge in [-0.2, -0.15) is 16.7 Å². The van der Waals surface area contributed by atoms with Gasteiger partial charge in [-0.15, -0.1) is 0 Å². The van der Waals surface area contributed by atoms with E-state index in [2.05, 4.69) is 36.2 Å². The van der Waals surface area contributed by atoms with E-state index in [-0.39, 0.29) is 0 Å². The Labute approximate surface area is 114 Å². The minimum atomic E-state index is 0.460. The van der Waals surface area contributed by atoms with Crippen molar-refractivity contribution < 1.29 is 4.52 Å².